The summed E-state index contributed by atoms with van der Waals surface area (Å²) in [5.74, 6) is 0.0411. The van der Waals surface area contributed by atoms with Gasteiger partial charge in [-0.25, -0.2) is 0 Å². The molecule has 0 fully saturated rings. The van der Waals surface area contributed by atoms with Crippen LogP contribution >= 0.6 is 0 Å². The molecule has 1 unspecified atom stereocenters. The van der Waals surface area contributed by atoms with Crippen LogP contribution in [0.15, 0.2) is 83.3 Å². The lowest BCUT2D eigenvalue weighted by Crippen LogP contribution is -2.11. The average molecular weight is 484 g/mol. The smallest absolute Gasteiger partial charge is 0.303 e. The molecule has 0 radical (unpaired) electrons. The van der Waals surface area contributed by atoms with Crippen LogP contribution in [0.1, 0.15) is 61.0 Å². The number of nitrogens with one attached hydrogen (secondary N) is 1. The van der Waals surface area contributed by atoms with E-state index in [-0.39, 0.29) is 24.7 Å². The van der Waals surface area contributed by atoms with Crippen molar-refractivity contribution >= 4 is 17.4 Å². The first kappa shape index (κ1) is 24.9. The van der Waals surface area contributed by atoms with E-state index in [1.165, 1.54) is 0 Å². The van der Waals surface area contributed by atoms with Crippen molar-refractivity contribution in [2.45, 2.75) is 45.1 Å². The molecule has 184 valence electrons. The molecule has 4 aromatic rings. The summed E-state index contributed by atoms with van der Waals surface area (Å²) in [4.78, 5) is 22.9. The Hall–Kier alpha value is -4.26. The molecule has 2 N–H and O–H groups in total. The van der Waals surface area contributed by atoms with Crippen LogP contribution in [0.2, 0.25) is 0 Å². The van der Waals surface area contributed by atoms with Gasteiger partial charge in [0.15, 0.2) is 5.78 Å². The SMILES string of the molecule is CCCC(Nc1ccc(C(=O)CCCC(=O)O)cc1)c1ccc(-c2nnc(-c3ccccc3)o2)cc1. The van der Waals surface area contributed by atoms with Crippen molar-refractivity contribution in [3.8, 4) is 22.9 Å². The zero-order chi connectivity index (χ0) is 25.3. The predicted octanol–water partition coefficient (Wildman–Crippen LogP) is 6.79. The molecule has 0 saturated heterocycles. The minimum Gasteiger partial charge on any atom is -0.481 e. The average Bonchev–Trinajstić information content (AvgIpc) is 3.40. The number of Topliss-reactive ketones (excluding diaryl/α,β-unsaturated/α-hetero) is 1. The van der Waals surface area contributed by atoms with Crippen LogP contribution in [0.4, 0.5) is 5.69 Å². The Morgan fingerprint density at radius 2 is 1.50 bits per heavy atom. The van der Waals surface area contributed by atoms with Crippen molar-refractivity contribution in [1.29, 1.82) is 0 Å². The summed E-state index contributed by atoms with van der Waals surface area (Å²) >= 11 is 0. The maximum Gasteiger partial charge on any atom is 0.303 e. The lowest BCUT2D eigenvalue weighted by Gasteiger charge is -2.20. The van der Waals surface area contributed by atoms with Crippen molar-refractivity contribution < 1.29 is 19.1 Å². The number of benzene rings is 3. The standard InChI is InChI=1S/C29H29N3O4/c1-2-7-25(30-24-18-16-21(17-19-24)26(33)10-6-11-27(34)35)20-12-14-23(15-13-20)29-32-31-28(36-29)22-8-4-3-5-9-22/h3-5,8-9,12-19,25,30H,2,6-7,10-11H2,1H3,(H,34,35). The topological polar surface area (TPSA) is 105 Å². The van der Waals surface area contributed by atoms with Gasteiger partial charge in [-0.2, -0.15) is 0 Å². The number of carboxylic acid groups (broad SMARTS) is 1. The summed E-state index contributed by atoms with van der Waals surface area (Å²) in [5.41, 5.74) is 4.39. The molecule has 1 atom stereocenters. The maximum absolute atomic E-state index is 12.3. The fourth-order valence-corrected chi connectivity index (χ4v) is 4.00. The lowest BCUT2D eigenvalue weighted by atomic mass is 10.00. The molecule has 1 aromatic heterocycles. The van der Waals surface area contributed by atoms with Crippen LogP contribution in [0.25, 0.3) is 22.9 Å². The van der Waals surface area contributed by atoms with Crippen LogP contribution in [0.5, 0.6) is 0 Å². The van der Waals surface area contributed by atoms with Gasteiger partial charge in [0, 0.05) is 35.2 Å². The molecule has 1 heterocycles. The van der Waals surface area contributed by atoms with Crippen molar-refractivity contribution in [2.24, 2.45) is 0 Å². The van der Waals surface area contributed by atoms with E-state index in [4.69, 9.17) is 9.52 Å². The van der Waals surface area contributed by atoms with Crippen LogP contribution < -0.4 is 5.32 Å². The number of hydrogen-bond acceptors (Lipinski definition) is 6. The van der Waals surface area contributed by atoms with Gasteiger partial charge in [0.25, 0.3) is 0 Å². The first-order valence-corrected chi connectivity index (χ1v) is 12.1. The summed E-state index contributed by atoms with van der Waals surface area (Å²) in [5, 5.41) is 20.7. The van der Waals surface area contributed by atoms with Gasteiger partial charge in [0.2, 0.25) is 11.8 Å². The Labute approximate surface area is 210 Å². The second-order valence-electron chi connectivity index (χ2n) is 8.63. The van der Waals surface area contributed by atoms with E-state index in [1.54, 1.807) is 12.1 Å². The minimum atomic E-state index is -0.883. The highest BCUT2D eigenvalue weighted by Gasteiger charge is 2.14. The predicted molar refractivity (Wildman–Crippen MR) is 139 cm³/mol. The highest BCUT2D eigenvalue weighted by atomic mass is 16.4. The number of carbonyl (C=O) groups excluding carboxylic acids is 1. The van der Waals surface area contributed by atoms with Gasteiger partial charge in [-0.1, -0.05) is 43.7 Å². The zero-order valence-corrected chi connectivity index (χ0v) is 20.2. The molecule has 36 heavy (non-hydrogen) atoms. The molecule has 0 saturated carbocycles. The van der Waals surface area contributed by atoms with Crippen LogP contribution in [0.3, 0.4) is 0 Å². The highest BCUT2D eigenvalue weighted by Crippen LogP contribution is 2.28. The van der Waals surface area contributed by atoms with Gasteiger partial charge < -0.3 is 14.8 Å². The van der Waals surface area contributed by atoms with E-state index in [1.807, 2.05) is 54.6 Å². The second-order valence-corrected chi connectivity index (χ2v) is 8.63. The quantitative estimate of drug-likeness (QED) is 0.214. The molecule has 7 heteroatoms. The fourth-order valence-electron chi connectivity index (χ4n) is 4.00. The molecule has 0 amide bonds. The Morgan fingerprint density at radius 3 is 2.11 bits per heavy atom. The van der Waals surface area contributed by atoms with Gasteiger partial charge in [-0.05, 0) is 66.9 Å². The highest BCUT2D eigenvalue weighted by molar-refractivity contribution is 5.96. The molecule has 3 aromatic carbocycles. The van der Waals surface area contributed by atoms with E-state index < -0.39 is 5.97 Å². The molecule has 0 bridgehead atoms. The van der Waals surface area contributed by atoms with Crippen molar-refractivity contribution in [3.63, 3.8) is 0 Å². The molecule has 0 aliphatic rings. The number of carboxylic acids is 1. The third-order valence-electron chi connectivity index (χ3n) is 5.93. The molecular formula is C29H29N3O4. The first-order chi connectivity index (χ1) is 17.5. The van der Waals surface area contributed by atoms with Gasteiger partial charge in [0.05, 0.1) is 6.04 Å². The number of anilines is 1. The van der Waals surface area contributed by atoms with E-state index in [0.29, 0.717) is 23.8 Å². The Kier molecular flexibility index (Phi) is 8.24. The zero-order valence-electron chi connectivity index (χ0n) is 20.2. The molecule has 4 rings (SSSR count). The molecular weight excluding hydrogens is 454 g/mol. The van der Waals surface area contributed by atoms with Crippen molar-refractivity contribution in [3.05, 3.63) is 90.0 Å². The molecule has 7 nitrogen and oxygen atoms in total. The Bertz CT molecular complexity index is 1280. The Balaban J connectivity index is 1.42. The summed E-state index contributed by atoms with van der Waals surface area (Å²) in [6.45, 7) is 2.14. The first-order valence-electron chi connectivity index (χ1n) is 12.1. The second kappa shape index (κ2) is 11.9. The third-order valence-corrected chi connectivity index (χ3v) is 5.93. The van der Waals surface area contributed by atoms with Crippen molar-refractivity contribution in [2.75, 3.05) is 5.32 Å². The number of carbonyl (C=O) groups is 2. The number of rotatable bonds is 12. The summed E-state index contributed by atoms with van der Waals surface area (Å²) < 4.78 is 5.87. The number of aromatic nitrogens is 2. The molecule has 0 spiro atoms. The monoisotopic (exact) mass is 483 g/mol. The normalized spacial score (nSPS) is 11.7. The molecule has 0 aliphatic heterocycles. The third kappa shape index (κ3) is 6.44. The number of nitrogens with zero attached hydrogens (tertiary/aromatic N) is 2. The van der Waals surface area contributed by atoms with E-state index >= 15 is 0 Å². The van der Waals surface area contributed by atoms with Crippen LogP contribution in [-0.4, -0.2) is 27.1 Å². The summed E-state index contributed by atoms with van der Waals surface area (Å²) in [7, 11) is 0. The maximum atomic E-state index is 12.3. The van der Waals surface area contributed by atoms with Gasteiger partial charge >= 0.3 is 5.97 Å². The summed E-state index contributed by atoms with van der Waals surface area (Å²) in [6.07, 6.45) is 2.53. The number of aliphatic carboxylic acids is 1. The number of ketones is 1. The van der Waals surface area contributed by atoms with E-state index in [0.717, 1.165) is 35.2 Å². The van der Waals surface area contributed by atoms with E-state index in [9.17, 15) is 9.59 Å². The number of hydrogen-bond donors (Lipinski definition) is 2. The van der Waals surface area contributed by atoms with Crippen LogP contribution in [0, 0.1) is 0 Å². The largest absolute Gasteiger partial charge is 0.481 e. The minimum absolute atomic E-state index is 0.00352. The molecule has 0 aliphatic carbocycles. The van der Waals surface area contributed by atoms with Gasteiger partial charge in [-0.15, -0.1) is 10.2 Å². The van der Waals surface area contributed by atoms with Gasteiger partial charge in [0.1, 0.15) is 0 Å². The van der Waals surface area contributed by atoms with Gasteiger partial charge in [-0.3, -0.25) is 9.59 Å². The van der Waals surface area contributed by atoms with Crippen molar-refractivity contribution in [1.82, 2.24) is 10.2 Å². The lowest BCUT2D eigenvalue weighted by molar-refractivity contribution is -0.137. The van der Waals surface area contributed by atoms with Crippen LogP contribution in [-0.2, 0) is 4.79 Å². The fraction of sp³-hybridized carbons (Fsp3) is 0.241. The summed E-state index contributed by atoms with van der Waals surface area (Å²) in [6, 6.07) is 25.2. The Morgan fingerprint density at radius 1 is 0.861 bits per heavy atom. The van der Waals surface area contributed by atoms with E-state index in [2.05, 4.69) is 34.6 Å².